The van der Waals surface area contributed by atoms with Crippen molar-refractivity contribution >= 4 is 69.1 Å². The van der Waals surface area contributed by atoms with Crippen LogP contribution in [0, 0.1) is 60.2 Å². The number of ether oxygens (including phenoxy) is 4. The molecule has 7 N–H and O–H groups in total. The molecule has 2 amide bonds. The number of carbonyl (C=O) groups excluding carboxylic acids is 2. The number of carbonyl (C=O) groups is 2. The number of nitrogens with zero attached hydrogens (tertiary/aromatic N) is 5. The molecule has 4 heterocycles. The first kappa shape index (κ1) is 61.9. The largest absolute Gasteiger partial charge is 0.492 e. The Morgan fingerprint density at radius 2 is 1.31 bits per heavy atom. The Morgan fingerprint density at radius 3 is 1.86 bits per heavy atom. The Hall–Kier alpha value is -7.19. The van der Waals surface area contributed by atoms with Crippen molar-refractivity contribution in [1.29, 1.82) is 10.5 Å². The fraction of sp³-hybridized carbons (Fsp3) is 0.476. The van der Waals surface area contributed by atoms with Crippen LogP contribution >= 0.6 is 23.2 Å². The lowest BCUT2D eigenvalue weighted by Crippen LogP contribution is -2.49. The SMILES string of the molecule is CCOc1cc2c(cc1NC(=O)CCCN(C)C)C(Nc1cc(C)c(OCC3NCC(CN(C)CCCC(=O)Nc4cc5c(cc4OCC)NCC(C#N)C5Nc4ccc(OCc5cccc(Cl)n5)c(Cl)c4)CC3C)c(C)c1)C(C#N)CN2. The van der Waals surface area contributed by atoms with Gasteiger partial charge in [-0.05, 0) is 165 Å². The van der Waals surface area contributed by atoms with Crippen molar-refractivity contribution in [1.82, 2.24) is 20.1 Å². The molecule has 442 valence electrons. The van der Waals surface area contributed by atoms with Crippen LogP contribution in [-0.4, -0.2) is 113 Å². The standard InChI is InChI=1S/C63H80Cl2N12O6/c1-9-80-56-28-50-47(61(42(30-66)33-69-50)72-44-18-19-55(49(64)25-44)82-36-45-14-11-15-58(65)71-45)26-52(56)75-60(79)17-13-21-77(8)35-41-22-38(3)54(68-32-41)37-83-63-39(4)23-46(24-40(63)5)73-62-43(31-67)34-70-51-29-57(81-10-2)53(27-48(51)62)74-59(78)16-12-20-76(6)7/h11,14-15,18-19,23-29,38,41-43,54,61-62,68-70,72-73H,9-10,12-13,16-17,20-22,32-37H2,1-8H3,(H,74,78)(H,75,79). The van der Waals surface area contributed by atoms with Crippen LogP contribution in [0.4, 0.5) is 34.1 Å². The van der Waals surface area contributed by atoms with E-state index in [1.165, 1.54) is 0 Å². The molecule has 18 nitrogen and oxygen atoms in total. The second-order valence-corrected chi connectivity index (χ2v) is 23.1. The summed E-state index contributed by atoms with van der Waals surface area (Å²) in [6.45, 7) is 16.0. The third-order valence-corrected chi connectivity index (χ3v) is 16.0. The summed E-state index contributed by atoms with van der Waals surface area (Å²) in [6, 6.07) is 26.9. The number of nitriles is 2. The van der Waals surface area contributed by atoms with Gasteiger partial charge >= 0.3 is 0 Å². The quantitative estimate of drug-likeness (QED) is 0.0256. The van der Waals surface area contributed by atoms with Crippen LogP contribution in [0.15, 0.2) is 72.8 Å². The number of halogens is 2. The van der Waals surface area contributed by atoms with Crippen molar-refractivity contribution in [3.8, 4) is 35.1 Å². The van der Waals surface area contributed by atoms with Gasteiger partial charge in [-0.15, -0.1) is 0 Å². The van der Waals surface area contributed by atoms with E-state index in [4.69, 9.17) is 42.1 Å². The average molecular weight is 1170 g/mol. The minimum atomic E-state index is -0.434. The molecule has 3 aliphatic heterocycles. The van der Waals surface area contributed by atoms with E-state index < -0.39 is 12.0 Å². The minimum Gasteiger partial charge on any atom is -0.492 e. The molecule has 4 aromatic carbocycles. The van der Waals surface area contributed by atoms with Crippen LogP contribution in [-0.2, 0) is 16.2 Å². The molecule has 0 saturated carbocycles. The average Bonchev–Trinajstić information content (AvgIpc) is 3.48. The summed E-state index contributed by atoms with van der Waals surface area (Å²) in [5.74, 6) is 2.28. The minimum absolute atomic E-state index is 0.0815. The van der Waals surface area contributed by atoms with Gasteiger partial charge in [0.05, 0.1) is 71.4 Å². The summed E-state index contributed by atoms with van der Waals surface area (Å²) in [6.07, 6.45) is 3.16. The molecule has 1 aromatic heterocycles. The molecular weight excluding hydrogens is 1090 g/mol. The van der Waals surface area contributed by atoms with Gasteiger partial charge in [0.2, 0.25) is 11.8 Å². The molecule has 1 saturated heterocycles. The second kappa shape index (κ2) is 29.4. The van der Waals surface area contributed by atoms with Crippen molar-refractivity contribution in [2.24, 2.45) is 23.7 Å². The Morgan fingerprint density at radius 1 is 0.723 bits per heavy atom. The number of benzene rings is 4. The van der Waals surface area contributed by atoms with Crippen molar-refractivity contribution in [3.63, 3.8) is 0 Å². The molecule has 7 atom stereocenters. The van der Waals surface area contributed by atoms with E-state index in [9.17, 15) is 20.1 Å². The number of amides is 2. The first-order chi connectivity index (χ1) is 40.0. The molecule has 7 unspecified atom stereocenters. The monoisotopic (exact) mass is 1170 g/mol. The van der Waals surface area contributed by atoms with Crippen molar-refractivity contribution < 1.29 is 28.5 Å². The highest BCUT2D eigenvalue weighted by Crippen LogP contribution is 2.44. The molecule has 5 aromatic rings. The highest BCUT2D eigenvalue weighted by Gasteiger charge is 2.34. The molecule has 0 spiro atoms. The number of piperidine rings is 1. The lowest BCUT2D eigenvalue weighted by Gasteiger charge is -2.37. The van der Waals surface area contributed by atoms with Crippen LogP contribution in [0.2, 0.25) is 10.2 Å². The molecule has 20 heteroatoms. The molecule has 83 heavy (non-hydrogen) atoms. The Labute approximate surface area is 499 Å². The van der Waals surface area contributed by atoms with Crippen LogP contribution in [0.25, 0.3) is 0 Å². The van der Waals surface area contributed by atoms with E-state index in [1.807, 2.05) is 70.4 Å². The van der Waals surface area contributed by atoms with Crippen LogP contribution in [0.5, 0.6) is 23.0 Å². The van der Waals surface area contributed by atoms with Gasteiger partial charge in [-0.1, -0.05) is 36.2 Å². The predicted molar refractivity (Wildman–Crippen MR) is 330 cm³/mol. The van der Waals surface area contributed by atoms with Gasteiger partial charge in [-0.3, -0.25) is 9.59 Å². The first-order valence-corrected chi connectivity index (χ1v) is 29.6. The van der Waals surface area contributed by atoms with Gasteiger partial charge < -0.3 is 66.0 Å². The molecule has 8 rings (SSSR count). The molecule has 0 bridgehead atoms. The Balaban J connectivity index is 0.811. The zero-order valence-corrected chi connectivity index (χ0v) is 50.5. The maximum absolute atomic E-state index is 13.6. The van der Waals surface area contributed by atoms with Crippen molar-refractivity contribution in [2.45, 2.75) is 91.5 Å². The first-order valence-electron chi connectivity index (χ1n) is 28.9. The number of aromatic nitrogens is 1. The van der Waals surface area contributed by atoms with Gasteiger partial charge in [0.15, 0.2) is 0 Å². The van der Waals surface area contributed by atoms with E-state index in [0.717, 1.165) is 84.1 Å². The second-order valence-electron chi connectivity index (χ2n) is 22.3. The summed E-state index contributed by atoms with van der Waals surface area (Å²) < 4.78 is 24.6. The number of nitrogens with one attached hydrogen (secondary N) is 7. The number of fused-ring (bicyclic) bond motifs is 2. The number of hydrogen-bond acceptors (Lipinski definition) is 16. The van der Waals surface area contributed by atoms with E-state index in [1.54, 1.807) is 18.2 Å². The van der Waals surface area contributed by atoms with Gasteiger partial charge in [-0.2, -0.15) is 10.5 Å². The van der Waals surface area contributed by atoms with E-state index in [2.05, 4.69) is 104 Å². The fourth-order valence-corrected chi connectivity index (χ4v) is 11.7. The van der Waals surface area contributed by atoms with E-state index in [-0.39, 0.29) is 36.4 Å². The zero-order valence-electron chi connectivity index (χ0n) is 49.0. The Bertz CT molecular complexity index is 3130. The maximum atomic E-state index is 13.6. The lowest BCUT2D eigenvalue weighted by atomic mass is 9.86. The molecule has 0 aliphatic carbocycles. The third-order valence-electron chi connectivity index (χ3n) is 15.5. The van der Waals surface area contributed by atoms with Crippen molar-refractivity contribution in [2.75, 3.05) is 112 Å². The molecule has 1 fully saturated rings. The third kappa shape index (κ3) is 16.5. The van der Waals surface area contributed by atoms with Gasteiger partial charge in [0.25, 0.3) is 0 Å². The summed E-state index contributed by atoms with van der Waals surface area (Å²) in [4.78, 5) is 35.3. The summed E-state index contributed by atoms with van der Waals surface area (Å²) in [5.41, 5.74) is 8.77. The molecular formula is C63H80Cl2N12O6. The summed E-state index contributed by atoms with van der Waals surface area (Å²) in [7, 11) is 6.10. The number of aryl methyl sites for hydroxylation is 2. The Kier molecular flexibility index (Phi) is 21.9. The van der Waals surface area contributed by atoms with Gasteiger partial charge in [-0.25, -0.2) is 4.98 Å². The number of hydrogen-bond donors (Lipinski definition) is 7. The van der Waals surface area contributed by atoms with Crippen LogP contribution < -0.4 is 56.2 Å². The van der Waals surface area contributed by atoms with Crippen molar-refractivity contribution in [3.05, 3.63) is 111 Å². The van der Waals surface area contributed by atoms with Gasteiger partial charge in [0, 0.05) is 84.5 Å². The highest BCUT2D eigenvalue weighted by atomic mass is 35.5. The number of rotatable bonds is 26. The van der Waals surface area contributed by atoms with Gasteiger partial charge in [0.1, 0.15) is 41.4 Å². The fourth-order valence-electron chi connectivity index (χ4n) is 11.3. The smallest absolute Gasteiger partial charge is 0.224 e. The van der Waals surface area contributed by atoms with E-state index >= 15 is 0 Å². The summed E-state index contributed by atoms with van der Waals surface area (Å²) >= 11 is 12.7. The number of anilines is 6. The summed E-state index contributed by atoms with van der Waals surface area (Å²) in [5, 5.41) is 45.4. The van der Waals surface area contributed by atoms with E-state index in [0.29, 0.717) is 114 Å². The van der Waals surface area contributed by atoms with Crippen LogP contribution in [0.3, 0.4) is 0 Å². The molecule has 3 aliphatic rings. The lowest BCUT2D eigenvalue weighted by molar-refractivity contribution is -0.117. The predicted octanol–water partition coefficient (Wildman–Crippen LogP) is 11.4. The number of pyridine rings is 1. The molecule has 0 radical (unpaired) electrons. The topological polar surface area (TPSA) is 222 Å². The highest BCUT2D eigenvalue weighted by molar-refractivity contribution is 6.32. The normalized spacial score (nSPS) is 19.9. The van der Waals surface area contributed by atoms with Crippen LogP contribution in [0.1, 0.15) is 92.9 Å². The zero-order chi connectivity index (χ0) is 59.2. The maximum Gasteiger partial charge on any atom is 0.224 e.